The molecule has 4 nitrogen and oxygen atoms in total. The first-order valence-electron chi connectivity index (χ1n) is 6.49. The van der Waals surface area contributed by atoms with E-state index < -0.39 is 27.1 Å². The van der Waals surface area contributed by atoms with E-state index in [1.54, 1.807) is 6.07 Å². The summed E-state index contributed by atoms with van der Waals surface area (Å²) in [6.07, 6.45) is 0. The molecule has 122 valence electrons. The zero-order valence-corrected chi connectivity index (χ0v) is 14.2. The van der Waals surface area contributed by atoms with Crippen LogP contribution >= 0.6 is 23.2 Å². The lowest BCUT2D eigenvalue weighted by Gasteiger charge is -2.28. The number of halogens is 3. The molecular weight excluding hydrogens is 364 g/mol. The minimum atomic E-state index is -4.21. The molecule has 0 unspecified atom stereocenters. The highest BCUT2D eigenvalue weighted by Crippen LogP contribution is 2.31. The molecule has 0 saturated carbocycles. The van der Waals surface area contributed by atoms with Gasteiger partial charge in [0.2, 0.25) is 5.24 Å². The Kier molecular flexibility index (Phi) is 5.29. The summed E-state index contributed by atoms with van der Waals surface area (Å²) in [4.78, 5) is 11.4. The molecule has 2 aromatic rings. The van der Waals surface area contributed by atoms with Gasteiger partial charge in [-0.25, -0.2) is 12.8 Å². The highest BCUT2D eigenvalue weighted by Gasteiger charge is 2.34. The molecular formula is C15H12Cl2FNO3S. The Balaban J connectivity index is 2.69. The summed E-state index contributed by atoms with van der Waals surface area (Å²) >= 11 is 11.3. The van der Waals surface area contributed by atoms with Crippen LogP contribution < -0.4 is 4.31 Å². The summed E-state index contributed by atoms with van der Waals surface area (Å²) in [5.41, 5.74) is -0.345. The molecule has 0 aliphatic rings. The Morgan fingerprint density at radius 2 is 1.78 bits per heavy atom. The predicted molar refractivity (Wildman–Crippen MR) is 87.8 cm³/mol. The molecule has 0 saturated heterocycles. The third-order valence-corrected chi connectivity index (χ3v) is 5.58. The van der Waals surface area contributed by atoms with Crippen LogP contribution in [0.2, 0.25) is 5.02 Å². The minimum Gasteiger partial charge on any atom is -0.279 e. The number of sulfonamides is 1. The van der Waals surface area contributed by atoms with Crippen LogP contribution in [0, 0.1) is 5.82 Å². The van der Waals surface area contributed by atoms with E-state index in [0.717, 1.165) is 12.1 Å². The van der Waals surface area contributed by atoms with Crippen molar-refractivity contribution in [2.75, 3.05) is 4.31 Å². The number of carbonyl (C=O) groups is 1. The number of hydrogen-bond donors (Lipinski definition) is 0. The van der Waals surface area contributed by atoms with Crippen molar-refractivity contribution in [1.29, 1.82) is 0 Å². The van der Waals surface area contributed by atoms with Gasteiger partial charge in [0, 0.05) is 5.02 Å². The van der Waals surface area contributed by atoms with E-state index in [4.69, 9.17) is 23.2 Å². The van der Waals surface area contributed by atoms with Crippen molar-refractivity contribution >= 4 is 44.2 Å². The molecule has 23 heavy (non-hydrogen) atoms. The predicted octanol–water partition coefficient (Wildman–Crippen LogP) is 3.83. The van der Waals surface area contributed by atoms with Gasteiger partial charge in [-0.15, -0.1) is 0 Å². The number of benzene rings is 2. The lowest BCUT2D eigenvalue weighted by Crippen LogP contribution is -2.42. The molecule has 0 amide bonds. The second kappa shape index (κ2) is 6.86. The third kappa shape index (κ3) is 3.65. The number of nitrogens with zero attached hydrogens (tertiary/aromatic N) is 1. The summed E-state index contributed by atoms with van der Waals surface area (Å²) in [5, 5.41) is -0.812. The van der Waals surface area contributed by atoms with E-state index >= 15 is 0 Å². The highest BCUT2D eigenvalue weighted by atomic mass is 35.5. The number of carbonyl (C=O) groups excluding carboxylic acids is 1. The van der Waals surface area contributed by atoms with E-state index in [1.165, 1.54) is 37.3 Å². The van der Waals surface area contributed by atoms with E-state index in [9.17, 15) is 17.6 Å². The maximum atomic E-state index is 14.2. The molecule has 8 heteroatoms. The molecule has 0 N–H and O–H groups in total. The quantitative estimate of drug-likeness (QED) is 0.746. The van der Waals surface area contributed by atoms with Gasteiger partial charge in [0.25, 0.3) is 10.0 Å². The van der Waals surface area contributed by atoms with Gasteiger partial charge in [-0.3, -0.25) is 9.10 Å². The molecule has 2 rings (SSSR count). The Bertz CT molecular complexity index is 828. The standard InChI is InChI=1S/C15H12Cl2FNO3S/c1-10(15(17)20)19(14-9-11(16)7-8-13(14)18)23(21,22)12-5-3-2-4-6-12/h2-10H,1H3/t10-/m1/s1. The first-order chi connectivity index (χ1) is 10.7. The molecule has 1 atom stereocenters. The van der Waals surface area contributed by atoms with Crippen LogP contribution in [0.4, 0.5) is 10.1 Å². The molecule has 0 aromatic heterocycles. The summed E-state index contributed by atoms with van der Waals surface area (Å²) in [6, 6.07) is 9.49. The van der Waals surface area contributed by atoms with Crippen molar-refractivity contribution in [2.45, 2.75) is 17.9 Å². The fourth-order valence-corrected chi connectivity index (χ4v) is 3.96. The van der Waals surface area contributed by atoms with Crippen LogP contribution in [0.25, 0.3) is 0 Å². The zero-order chi connectivity index (χ0) is 17.2. The van der Waals surface area contributed by atoms with Gasteiger partial charge in [0.15, 0.2) is 0 Å². The Morgan fingerprint density at radius 1 is 1.17 bits per heavy atom. The lowest BCUT2D eigenvalue weighted by atomic mass is 10.2. The van der Waals surface area contributed by atoms with E-state index in [0.29, 0.717) is 4.31 Å². The van der Waals surface area contributed by atoms with Crippen molar-refractivity contribution < 1.29 is 17.6 Å². The van der Waals surface area contributed by atoms with Gasteiger partial charge in [0.05, 0.1) is 10.6 Å². The van der Waals surface area contributed by atoms with Gasteiger partial charge in [-0.2, -0.15) is 0 Å². The van der Waals surface area contributed by atoms with Gasteiger partial charge in [-0.05, 0) is 48.9 Å². The summed E-state index contributed by atoms with van der Waals surface area (Å²) in [6.45, 7) is 1.27. The molecule has 0 aliphatic carbocycles. The monoisotopic (exact) mass is 375 g/mol. The molecule has 0 spiro atoms. The molecule has 0 bridgehead atoms. The largest absolute Gasteiger partial charge is 0.279 e. The van der Waals surface area contributed by atoms with Crippen molar-refractivity contribution in [3.8, 4) is 0 Å². The van der Waals surface area contributed by atoms with Crippen LogP contribution in [0.15, 0.2) is 53.4 Å². The average molecular weight is 376 g/mol. The zero-order valence-electron chi connectivity index (χ0n) is 11.9. The molecule has 0 radical (unpaired) electrons. The third-order valence-electron chi connectivity index (χ3n) is 3.13. The number of rotatable bonds is 5. The van der Waals surface area contributed by atoms with Crippen LogP contribution in [-0.4, -0.2) is 19.7 Å². The van der Waals surface area contributed by atoms with Crippen molar-refractivity contribution in [1.82, 2.24) is 0 Å². The summed E-state index contributed by atoms with van der Waals surface area (Å²) in [5.74, 6) is -0.835. The Labute approximate surface area is 143 Å². The lowest BCUT2D eigenvalue weighted by molar-refractivity contribution is -0.112. The van der Waals surface area contributed by atoms with E-state index in [-0.39, 0.29) is 15.6 Å². The van der Waals surface area contributed by atoms with Crippen LogP contribution in [0.5, 0.6) is 0 Å². The summed E-state index contributed by atoms with van der Waals surface area (Å²) < 4.78 is 40.5. The molecule has 2 aromatic carbocycles. The fraction of sp³-hybridized carbons (Fsp3) is 0.133. The number of anilines is 1. The normalized spacial score (nSPS) is 12.7. The Morgan fingerprint density at radius 3 is 2.35 bits per heavy atom. The maximum Gasteiger partial charge on any atom is 0.265 e. The van der Waals surface area contributed by atoms with Crippen molar-refractivity contribution in [3.63, 3.8) is 0 Å². The maximum absolute atomic E-state index is 14.2. The minimum absolute atomic E-state index is 0.0934. The van der Waals surface area contributed by atoms with Crippen molar-refractivity contribution in [3.05, 3.63) is 59.4 Å². The summed E-state index contributed by atoms with van der Waals surface area (Å²) in [7, 11) is -4.21. The van der Waals surface area contributed by atoms with Crippen LogP contribution in [0.3, 0.4) is 0 Å². The average Bonchev–Trinajstić information content (AvgIpc) is 2.51. The topological polar surface area (TPSA) is 54.5 Å². The van der Waals surface area contributed by atoms with Gasteiger partial charge in [0.1, 0.15) is 11.9 Å². The van der Waals surface area contributed by atoms with Crippen LogP contribution in [0.1, 0.15) is 6.92 Å². The highest BCUT2D eigenvalue weighted by molar-refractivity contribution is 7.93. The first kappa shape index (κ1) is 17.7. The Hall–Kier alpha value is -1.63. The number of hydrogen-bond acceptors (Lipinski definition) is 3. The van der Waals surface area contributed by atoms with Gasteiger partial charge < -0.3 is 0 Å². The second-order valence-corrected chi connectivity index (χ2v) is 7.31. The second-order valence-electron chi connectivity index (χ2n) is 4.69. The van der Waals surface area contributed by atoms with Crippen molar-refractivity contribution in [2.24, 2.45) is 0 Å². The molecule has 0 aliphatic heterocycles. The van der Waals surface area contributed by atoms with Gasteiger partial charge in [-0.1, -0.05) is 29.8 Å². The van der Waals surface area contributed by atoms with E-state index in [2.05, 4.69) is 0 Å². The van der Waals surface area contributed by atoms with Crippen LogP contribution in [-0.2, 0) is 14.8 Å². The van der Waals surface area contributed by atoms with E-state index in [1.807, 2.05) is 0 Å². The molecule has 0 heterocycles. The van der Waals surface area contributed by atoms with Gasteiger partial charge >= 0.3 is 0 Å². The smallest absolute Gasteiger partial charge is 0.265 e. The SMILES string of the molecule is C[C@H](C(=O)Cl)N(c1cc(Cl)ccc1F)S(=O)(=O)c1ccccc1. The first-order valence-corrected chi connectivity index (χ1v) is 8.68. The molecule has 0 fully saturated rings. The fourth-order valence-electron chi connectivity index (χ4n) is 2.00.